The van der Waals surface area contributed by atoms with Crippen LogP contribution in [0.5, 0.6) is 0 Å². The molecule has 1 aromatic heterocycles. The molecule has 1 aromatic carbocycles. The Morgan fingerprint density at radius 1 is 1.32 bits per heavy atom. The van der Waals surface area contributed by atoms with Crippen molar-refractivity contribution >= 4 is 17.7 Å². The van der Waals surface area contributed by atoms with Crippen molar-refractivity contribution in [2.45, 2.75) is 38.3 Å². The molecule has 2 aromatic rings. The van der Waals surface area contributed by atoms with E-state index in [0.717, 1.165) is 17.3 Å². The van der Waals surface area contributed by atoms with Gasteiger partial charge in [-0.1, -0.05) is 44.7 Å². The first-order valence-electron chi connectivity index (χ1n) is 7.51. The van der Waals surface area contributed by atoms with Crippen molar-refractivity contribution in [2.75, 3.05) is 12.3 Å². The van der Waals surface area contributed by atoms with Crippen LogP contribution in [-0.2, 0) is 4.79 Å². The molecular formula is C16H22N4OS. The van der Waals surface area contributed by atoms with Crippen molar-refractivity contribution in [2.24, 2.45) is 0 Å². The van der Waals surface area contributed by atoms with E-state index < -0.39 is 0 Å². The smallest absolute Gasteiger partial charge is 0.230 e. The number of nitrogens with zero attached hydrogens (tertiary/aromatic N) is 3. The van der Waals surface area contributed by atoms with Crippen molar-refractivity contribution in [3.05, 3.63) is 36.2 Å². The zero-order valence-corrected chi connectivity index (χ0v) is 14.1. The zero-order chi connectivity index (χ0) is 15.9. The highest BCUT2D eigenvalue weighted by Gasteiger charge is 2.10. The standard InChI is InChI=1S/C16H22N4OS/c1-4-9-17-15(21)10-22-16-19-18-11-20(16)14-7-5-13(6-8-14)12(2)3/h5-8,11-12H,4,9-10H2,1-3H3,(H,17,21). The van der Waals surface area contributed by atoms with Crippen molar-refractivity contribution < 1.29 is 4.79 Å². The van der Waals surface area contributed by atoms with Gasteiger partial charge >= 0.3 is 0 Å². The van der Waals surface area contributed by atoms with E-state index in [2.05, 4.69) is 53.6 Å². The van der Waals surface area contributed by atoms with Crippen LogP contribution in [0.4, 0.5) is 0 Å². The minimum atomic E-state index is 0.0246. The highest BCUT2D eigenvalue weighted by atomic mass is 32.2. The fraction of sp³-hybridized carbons (Fsp3) is 0.438. The van der Waals surface area contributed by atoms with Gasteiger partial charge in [0.15, 0.2) is 5.16 Å². The molecule has 0 aliphatic carbocycles. The van der Waals surface area contributed by atoms with Gasteiger partial charge in [0.2, 0.25) is 5.91 Å². The van der Waals surface area contributed by atoms with Crippen LogP contribution in [0, 0.1) is 0 Å². The van der Waals surface area contributed by atoms with Gasteiger partial charge in [-0.3, -0.25) is 9.36 Å². The maximum absolute atomic E-state index is 11.7. The molecule has 6 heteroatoms. The lowest BCUT2D eigenvalue weighted by molar-refractivity contribution is -0.118. The summed E-state index contributed by atoms with van der Waals surface area (Å²) in [7, 11) is 0. The van der Waals surface area contributed by atoms with Crippen LogP contribution in [0.3, 0.4) is 0 Å². The van der Waals surface area contributed by atoms with E-state index in [-0.39, 0.29) is 5.91 Å². The summed E-state index contributed by atoms with van der Waals surface area (Å²) in [6, 6.07) is 8.34. The molecule has 0 unspecified atom stereocenters. The average molecular weight is 318 g/mol. The van der Waals surface area contributed by atoms with Gasteiger partial charge in [0.1, 0.15) is 6.33 Å². The van der Waals surface area contributed by atoms with Gasteiger partial charge in [0, 0.05) is 12.2 Å². The van der Waals surface area contributed by atoms with Crippen LogP contribution in [-0.4, -0.2) is 33.0 Å². The third-order valence-corrected chi connectivity index (χ3v) is 4.20. The number of carbonyl (C=O) groups is 1. The second kappa shape index (κ2) is 7.98. The Kier molecular flexibility index (Phi) is 6.00. The lowest BCUT2D eigenvalue weighted by Crippen LogP contribution is -2.25. The quantitative estimate of drug-likeness (QED) is 0.797. The highest BCUT2D eigenvalue weighted by molar-refractivity contribution is 7.99. The molecule has 0 radical (unpaired) electrons. The Hall–Kier alpha value is -1.82. The molecule has 22 heavy (non-hydrogen) atoms. The molecule has 1 N–H and O–H groups in total. The fourth-order valence-electron chi connectivity index (χ4n) is 1.97. The van der Waals surface area contributed by atoms with E-state index in [1.54, 1.807) is 6.33 Å². The maximum Gasteiger partial charge on any atom is 0.230 e. The van der Waals surface area contributed by atoms with E-state index in [1.807, 2.05) is 11.5 Å². The Balaban J connectivity index is 2.04. The van der Waals surface area contributed by atoms with Gasteiger partial charge in [-0.15, -0.1) is 10.2 Å². The average Bonchev–Trinajstić information content (AvgIpc) is 2.99. The summed E-state index contributed by atoms with van der Waals surface area (Å²) < 4.78 is 1.90. The Labute approximate surface area is 135 Å². The molecule has 0 atom stereocenters. The molecule has 0 spiro atoms. The summed E-state index contributed by atoms with van der Waals surface area (Å²) in [4.78, 5) is 11.7. The third-order valence-electron chi connectivity index (χ3n) is 3.26. The highest BCUT2D eigenvalue weighted by Crippen LogP contribution is 2.21. The molecule has 0 aliphatic heterocycles. The number of hydrogen-bond acceptors (Lipinski definition) is 4. The zero-order valence-electron chi connectivity index (χ0n) is 13.2. The summed E-state index contributed by atoms with van der Waals surface area (Å²) in [5.74, 6) is 0.880. The number of rotatable bonds is 7. The van der Waals surface area contributed by atoms with E-state index in [1.165, 1.54) is 17.3 Å². The molecule has 0 aliphatic rings. The molecule has 2 rings (SSSR count). The van der Waals surface area contributed by atoms with Gasteiger partial charge in [0.25, 0.3) is 0 Å². The largest absolute Gasteiger partial charge is 0.355 e. The number of hydrogen-bond donors (Lipinski definition) is 1. The van der Waals surface area contributed by atoms with Crippen LogP contribution in [0.1, 0.15) is 38.7 Å². The van der Waals surface area contributed by atoms with Crippen LogP contribution in [0.2, 0.25) is 0 Å². The Morgan fingerprint density at radius 3 is 2.68 bits per heavy atom. The van der Waals surface area contributed by atoms with Gasteiger partial charge in [-0.25, -0.2) is 0 Å². The molecule has 5 nitrogen and oxygen atoms in total. The van der Waals surface area contributed by atoms with Crippen LogP contribution in [0.15, 0.2) is 35.7 Å². The van der Waals surface area contributed by atoms with E-state index >= 15 is 0 Å². The predicted molar refractivity (Wildman–Crippen MR) is 89.5 cm³/mol. The van der Waals surface area contributed by atoms with E-state index in [0.29, 0.717) is 18.2 Å². The van der Waals surface area contributed by atoms with Crippen LogP contribution >= 0.6 is 11.8 Å². The SMILES string of the molecule is CCCNC(=O)CSc1nncn1-c1ccc(C(C)C)cc1. The summed E-state index contributed by atoms with van der Waals surface area (Å²) in [6.45, 7) is 7.08. The molecular weight excluding hydrogens is 296 g/mol. The number of carbonyl (C=O) groups excluding carboxylic acids is 1. The van der Waals surface area contributed by atoms with E-state index in [9.17, 15) is 4.79 Å². The van der Waals surface area contributed by atoms with Gasteiger partial charge in [0.05, 0.1) is 5.75 Å². The minimum absolute atomic E-state index is 0.0246. The maximum atomic E-state index is 11.7. The molecule has 0 bridgehead atoms. The molecule has 0 saturated carbocycles. The number of aromatic nitrogens is 3. The lowest BCUT2D eigenvalue weighted by Gasteiger charge is -2.09. The van der Waals surface area contributed by atoms with Crippen LogP contribution in [0.25, 0.3) is 5.69 Å². The van der Waals surface area contributed by atoms with Crippen molar-refractivity contribution in [1.29, 1.82) is 0 Å². The second-order valence-electron chi connectivity index (χ2n) is 5.37. The van der Waals surface area contributed by atoms with Crippen molar-refractivity contribution in [1.82, 2.24) is 20.1 Å². The summed E-state index contributed by atoms with van der Waals surface area (Å²) >= 11 is 1.39. The number of amides is 1. The van der Waals surface area contributed by atoms with Crippen molar-refractivity contribution in [3.63, 3.8) is 0 Å². The first-order chi connectivity index (χ1) is 10.6. The monoisotopic (exact) mass is 318 g/mol. The van der Waals surface area contributed by atoms with Gasteiger partial charge in [-0.05, 0) is 30.0 Å². The summed E-state index contributed by atoms with van der Waals surface area (Å²) in [5, 5.41) is 11.6. The van der Waals surface area contributed by atoms with Crippen LogP contribution < -0.4 is 5.32 Å². The molecule has 0 saturated heterocycles. The first kappa shape index (κ1) is 16.5. The number of nitrogens with one attached hydrogen (secondary N) is 1. The molecule has 1 amide bonds. The molecule has 1 heterocycles. The van der Waals surface area contributed by atoms with Crippen molar-refractivity contribution in [3.8, 4) is 5.69 Å². The summed E-state index contributed by atoms with van der Waals surface area (Å²) in [6.07, 6.45) is 2.62. The molecule has 118 valence electrons. The Morgan fingerprint density at radius 2 is 2.05 bits per heavy atom. The summed E-state index contributed by atoms with van der Waals surface area (Å²) in [5.41, 5.74) is 2.30. The van der Waals surface area contributed by atoms with Gasteiger partial charge < -0.3 is 5.32 Å². The minimum Gasteiger partial charge on any atom is -0.355 e. The fourth-order valence-corrected chi connectivity index (χ4v) is 2.72. The predicted octanol–water partition coefficient (Wildman–Crippen LogP) is 3.01. The van der Waals surface area contributed by atoms with E-state index in [4.69, 9.17) is 0 Å². The first-order valence-corrected chi connectivity index (χ1v) is 8.50. The second-order valence-corrected chi connectivity index (χ2v) is 6.31. The lowest BCUT2D eigenvalue weighted by atomic mass is 10.0. The number of thioether (sulfide) groups is 1. The third kappa shape index (κ3) is 4.34. The normalized spacial score (nSPS) is 10.9. The molecule has 0 fully saturated rings. The topological polar surface area (TPSA) is 59.8 Å². The Bertz CT molecular complexity index is 607. The number of benzene rings is 1. The van der Waals surface area contributed by atoms with Gasteiger partial charge in [-0.2, -0.15) is 0 Å².